The molecule has 0 radical (unpaired) electrons. The van der Waals surface area contributed by atoms with Gasteiger partial charge in [0.05, 0.1) is 0 Å². The molecule has 0 amide bonds. The molecule has 7 heteroatoms. The first kappa shape index (κ1) is 23.5. The van der Waals surface area contributed by atoms with Gasteiger partial charge in [0, 0.05) is 0 Å². The molecule has 0 aliphatic heterocycles. The Balaban J connectivity index is 0.000000279. The maximum atomic E-state index is 5.45. The van der Waals surface area contributed by atoms with Crippen molar-refractivity contribution in [3.8, 4) is 0 Å². The predicted molar refractivity (Wildman–Crippen MR) is 132 cm³/mol. The van der Waals surface area contributed by atoms with E-state index in [0.717, 1.165) is 0 Å². The third-order valence-corrected chi connectivity index (χ3v) is 9.79. The molecule has 0 aliphatic rings. The van der Waals surface area contributed by atoms with E-state index < -0.39 is 14.4 Å². The molecule has 3 rings (SSSR count). The SMILES string of the molecule is ClC(Cl)(Cl)C(Cl)(Br)Br.c1ccc(P(c2ccccc2)c2ccccc2)cc1. The second-order valence-electron chi connectivity index (χ2n) is 5.34. The van der Waals surface area contributed by atoms with Crippen LogP contribution in [0.3, 0.4) is 0 Å². The number of hydrogen-bond acceptors (Lipinski definition) is 0. The van der Waals surface area contributed by atoms with E-state index in [1.54, 1.807) is 0 Å². The monoisotopic (exact) mass is 584 g/mol. The molecule has 0 heterocycles. The zero-order chi connectivity index (χ0) is 19.9. The van der Waals surface area contributed by atoms with E-state index in [1.807, 2.05) is 0 Å². The summed E-state index contributed by atoms with van der Waals surface area (Å²) in [4.78, 5) is 0. The van der Waals surface area contributed by atoms with E-state index in [4.69, 9.17) is 46.4 Å². The molecule has 0 fully saturated rings. The van der Waals surface area contributed by atoms with Gasteiger partial charge in [-0.3, -0.25) is 0 Å². The minimum Gasteiger partial charge on any atom is -0.0891 e. The molecule has 0 bridgehead atoms. The summed E-state index contributed by atoms with van der Waals surface area (Å²) in [6.07, 6.45) is 0. The Bertz CT molecular complexity index is 698. The summed E-state index contributed by atoms with van der Waals surface area (Å²) in [5.41, 5.74) is 0. The fourth-order valence-corrected chi connectivity index (χ4v) is 4.48. The second kappa shape index (κ2) is 10.8. The van der Waals surface area contributed by atoms with Crippen LogP contribution in [0.25, 0.3) is 0 Å². The minimum atomic E-state index is -1.55. The average molecular weight is 588 g/mol. The molecule has 0 spiro atoms. The van der Waals surface area contributed by atoms with Crippen molar-refractivity contribution in [2.45, 2.75) is 6.49 Å². The largest absolute Gasteiger partial charge is 0.228 e. The summed E-state index contributed by atoms with van der Waals surface area (Å²) in [6.45, 7) is 0. The summed E-state index contributed by atoms with van der Waals surface area (Å²) >= 11 is 27.2. The lowest BCUT2D eigenvalue weighted by atomic mass is 10.4. The predicted octanol–water partition coefficient (Wildman–Crippen LogP) is 7.48. The first-order valence-corrected chi connectivity index (χ1v) is 12.2. The van der Waals surface area contributed by atoms with Crippen LogP contribution in [-0.2, 0) is 0 Å². The van der Waals surface area contributed by atoms with Crippen LogP contribution in [0, 0.1) is 0 Å². The van der Waals surface area contributed by atoms with Gasteiger partial charge in [-0.25, -0.2) is 0 Å². The third-order valence-electron chi connectivity index (χ3n) is 3.36. The highest BCUT2D eigenvalue weighted by Gasteiger charge is 2.42. The van der Waals surface area contributed by atoms with E-state index >= 15 is 0 Å². The summed E-state index contributed by atoms with van der Waals surface area (Å²) in [7, 11) is -0.446. The number of alkyl halides is 6. The molecule has 3 aromatic rings. The molecular formula is C20H15Br2Cl4P. The normalized spacial score (nSPS) is 11.7. The van der Waals surface area contributed by atoms with E-state index in [-0.39, 0.29) is 0 Å². The molecule has 142 valence electrons. The van der Waals surface area contributed by atoms with Crippen LogP contribution < -0.4 is 15.9 Å². The second-order valence-corrected chi connectivity index (χ2v) is 14.8. The van der Waals surface area contributed by atoms with Crippen molar-refractivity contribution in [3.63, 3.8) is 0 Å². The van der Waals surface area contributed by atoms with Gasteiger partial charge in [0.15, 0.2) is 2.69 Å². The Morgan fingerprint density at radius 2 is 0.741 bits per heavy atom. The Hall–Kier alpha value is 0.210. The van der Waals surface area contributed by atoms with Crippen molar-refractivity contribution in [1.82, 2.24) is 0 Å². The third kappa shape index (κ3) is 7.52. The lowest BCUT2D eigenvalue weighted by molar-refractivity contribution is 1.17. The van der Waals surface area contributed by atoms with Gasteiger partial charge in [-0.1, -0.05) is 169 Å². The van der Waals surface area contributed by atoms with Crippen LogP contribution in [-0.4, -0.2) is 6.49 Å². The van der Waals surface area contributed by atoms with Gasteiger partial charge in [-0.15, -0.1) is 0 Å². The Kier molecular flexibility index (Phi) is 9.43. The summed E-state index contributed by atoms with van der Waals surface area (Å²) < 4.78 is -2.72. The summed E-state index contributed by atoms with van der Waals surface area (Å²) in [5.74, 6) is 0. The fourth-order valence-electron chi connectivity index (χ4n) is 2.18. The Labute approximate surface area is 198 Å². The highest BCUT2D eigenvalue weighted by atomic mass is 79.9. The first-order valence-electron chi connectivity index (χ1n) is 7.79. The lowest BCUT2D eigenvalue weighted by Gasteiger charge is -2.20. The molecule has 0 N–H and O–H groups in total. The van der Waals surface area contributed by atoms with Crippen molar-refractivity contribution in [3.05, 3.63) is 91.0 Å². The van der Waals surface area contributed by atoms with Crippen LogP contribution in [0.1, 0.15) is 0 Å². The van der Waals surface area contributed by atoms with E-state index in [1.165, 1.54) is 15.9 Å². The van der Waals surface area contributed by atoms with Gasteiger partial charge in [-0.2, -0.15) is 0 Å². The van der Waals surface area contributed by atoms with Crippen molar-refractivity contribution in [1.29, 1.82) is 0 Å². The highest BCUT2D eigenvalue weighted by molar-refractivity contribution is 9.26. The molecule has 27 heavy (non-hydrogen) atoms. The maximum absolute atomic E-state index is 5.45. The molecule has 0 nitrogen and oxygen atoms in total. The van der Waals surface area contributed by atoms with E-state index in [2.05, 4.69) is 123 Å². The lowest BCUT2D eigenvalue weighted by Crippen LogP contribution is -2.22. The van der Waals surface area contributed by atoms with Crippen LogP contribution in [0.15, 0.2) is 91.0 Å². The topological polar surface area (TPSA) is 0 Å². The molecule has 0 atom stereocenters. The average Bonchev–Trinajstić information content (AvgIpc) is 2.64. The minimum absolute atomic E-state index is 0.446. The van der Waals surface area contributed by atoms with Crippen LogP contribution in [0.2, 0.25) is 0 Å². The van der Waals surface area contributed by atoms with Crippen molar-refractivity contribution < 1.29 is 0 Å². The molecule has 0 aliphatic carbocycles. The van der Waals surface area contributed by atoms with Crippen LogP contribution in [0.5, 0.6) is 0 Å². The molecule has 0 saturated heterocycles. The number of rotatable bonds is 3. The van der Waals surface area contributed by atoms with E-state index in [0.29, 0.717) is 0 Å². The Morgan fingerprint density at radius 1 is 0.519 bits per heavy atom. The van der Waals surface area contributed by atoms with Gasteiger partial charge < -0.3 is 0 Å². The van der Waals surface area contributed by atoms with Gasteiger partial charge in [-0.05, 0) is 23.8 Å². The van der Waals surface area contributed by atoms with Gasteiger partial charge >= 0.3 is 0 Å². The van der Waals surface area contributed by atoms with Gasteiger partial charge in [0.1, 0.15) is 0 Å². The van der Waals surface area contributed by atoms with Gasteiger partial charge in [0.25, 0.3) is 0 Å². The van der Waals surface area contributed by atoms with E-state index in [9.17, 15) is 0 Å². The highest BCUT2D eigenvalue weighted by Crippen LogP contribution is 2.51. The maximum Gasteiger partial charge on any atom is 0.228 e. The zero-order valence-electron chi connectivity index (χ0n) is 13.9. The first-order chi connectivity index (χ1) is 12.7. The molecule has 0 aromatic heterocycles. The molecular weight excluding hydrogens is 573 g/mol. The number of hydrogen-bond donors (Lipinski definition) is 0. The number of benzene rings is 3. The van der Waals surface area contributed by atoms with Crippen LogP contribution in [0.4, 0.5) is 0 Å². The molecule has 0 saturated carbocycles. The van der Waals surface area contributed by atoms with Crippen molar-refractivity contribution >= 4 is 102 Å². The van der Waals surface area contributed by atoms with Crippen molar-refractivity contribution in [2.24, 2.45) is 0 Å². The van der Waals surface area contributed by atoms with Gasteiger partial charge in [0.2, 0.25) is 3.79 Å². The smallest absolute Gasteiger partial charge is 0.0891 e. The summed E-state index contributed by atoms with van der Waals surface area (Å²) in [6, 6.07) is 32.3. The quantitative estimate of drug-likeness (QED) is 0.220. The zero-order valence-corrected chi connectivity index (χ0v) is 21.0. The molecule has 3 aromatic carbocycles. The number of halogens is 6. The van der Waals surface area contributed by atoms with Crippen molar-refractivity contribution in [2.75, 3.05) is 0 Å². The summed E-state index contributed by atoms with van der Waals surface area (Å²) in [5, 5.41) is 4.19. The van der Waals surface area contributed by atoms with Crippen LogP contribution >= 0.6 is 86.2 Å². The standard InChI is InChI=1S/C18H15P.C2Br2Cl4/c1-4-10-16(11-5-1)19(17-12-6-2-7-13-17)18-14-8-3-9-15-18;3-1(4,5)2(6,7)8/h1-15H;. The molecule has 0 unspecified atom stereocenters. The Morgan fingerprint density at radius 3 is 0.926 bits per heavy atom. The fraction of sp³-hybridized carbons (Fsp3) is 0.100.